The topological polar surface area (TPSA) is 49.3 Å². The van der Waals surface area contributed by atoms with Crippen LogP contribution in [0.5, 0.6) is 0 Å². The molecule has 1 aliphatic carbocycles. The van der Waals surface area contributed by atoms with Crippen LogP contribution < -0.4 is 4.90 Å². The highest BCUT2D eigenvalue weighted by Gasteiger charge is 2.68. The first-order chi connectivity index (χ1) is 14.0. The van der Waals surface area contributed by atoms with E-state index in [0.29, 0.717) is 24.5 Å². The zero-order valence-corrected chi connectivity index (χ0v) is 16.7. The molecule has 30 heavy (non-hydrogen) atoms. The number of carbonyl (C=O) groups excluding carboxylic acids is 1. The molecule has 1 aliphatic heterocycles. The maximum atomic E-state index is 14.8. The van der Waals surface area contributed by atoms with Crippen molar-refractivity contribution in [3.63, 3.8) is 0 Å². The van der Waals surface area contributed by atoms with E-state index in [1.807, 2.05) is 17.9 Å². The molecule has 0 bridgehead atoms. The molecule has 1 saturated carbocycles. The van der Waals surface area contributed by atoms with Crippen molar-refractivity contribution in [2.24, 2.45) is 0 Å². The monoisotopic (exact) mass is 422 g/mol. The van der Waals surface area contributed by atoms with E-state index in [-0.39, 0.29) is 19.5 Å². The molecule has 2 aromatic rings. The van der Waals surface area contributed by atoms with Crippen LogP contribution in [0.3, 0.4) is 0 Å². The van der Waals surface area contributed by atoms with Crippen LogP contribution in [0.25, 0.3) is 0 Å². The van der Waals surface area contributed by atoms with Gasteiger partial charge in [0.25, 0.3) is 11.8 Å². The third-order valence-electron chi connectivity index (χ3n) is 6.09. The predicted octanol–water partition coefficient (Wildman–Crippen LogP) is 3.52. The number of rotatable bonds is 4. The summed E-state index contributed by atoms with van der Waals surface area (Å²) in [6.07, 6.45) is -0.301. The Balaban J connectivity index is 1.42. The minimum Gasteiger partial charge on any atom is -0.352 e. The molecule has 0 radical (unpaired) electrons. The van der Waals surface area contributed by atoms with Gasteiger partial charge < -0.3 is 9.80 Å². The normalized spacial score (nSPS) is 23.4. The molecule has 2 fully saturated rings. The number of hydrogen-bond donors (Lipinski definition) is 0. The van der Waals surface area contributed by atoms with Crippen LogP contribution in [-0.4, -0.2) is 53.1 Å². The Morgan fingerprint density at radius 2 is 1.60 bits per heavy atom. The molecule has 2 aliphatic rings. The van der Waals surface area contributed by atoms with Crippen LogP contribution in [0.1, 0.15) is 30.2 Å². The van der Waals surface area contributed by atoms with E-state index >= 15 is 0 Å². The highest BCUT2D eigenvalue weighted by atomic mass is 19.3. The van der Waals surface area contributed by atoms with Crippen molar-refractivity contribution < 1.29 is 22.4 Å². The van der Waals surface area contributed by atoms with E-state index in [0.717, 1.165) is 22.7 Å². The van der Waals surface area contributed by atoms with E-state index < -0.39 is 28.7 Å². The Kier molecular flexibility index (Phi) is 4.74. The lowest BCUT2D eigenvalue weighted by Crippen LogP contribution is -2.52. The first kappa shape index (κ1) is 20.6. The molecular formula is C21H22F4N4O. The Bertz CT molecular complexity index is 940. The number of amides is 1. The number of aryl methyl sites for hydroxylation is 1. The number of hydrogen-bond acceptors (Lipinski definition) is 4. The number of aromatic nitrogens is 2. The van der Waals surface area contributed by atoms with Crippen molar-refractivity contribution in [2.45, 2.75) is 37.5 Å². The van der Waals surface area contributed by atoms with Crippen LogP contribution >= 0.6 is 0 Å². The average Bonchev–Trinajstić information content (AvgIpc) is 3.27. The average molecular weight is 422 g/mol. The number of nitrogens with zero attached hydrogens (tertiary/aromatic N) is 4. The molecule has 2 heterocycles. The molecule has 1 unspecified atom stereocenters. The van der Waals surface area contributed by atoms with Crippen molar-refractivity contribution in [3.05, 3.63) is 53.2 Å². The Morgan fingerprint density at radius 1 is 1.00 bits per heavy atom. The van der Waals surface area contributed by atoms with Crippen molar-refractivity contribution in [1.82, 2.24) is 15.1 Å². The fraction of sp³-hybridized carbons (Fsp3) is 0.476. The van der Waals surface area contributed by atoms with Gasteiger partial charge in [-0.3, -0.25) is 4.79 Å². The number of benzene rings is 1. The molecule has 4 rings (SSSR count). The summed E-state index contributed by atoms with van der Waals surface area (Å²) in [6, 6.07) is 8.31. The van der Waals surface area contributed by atoms with E-state index in [9.17, 15) is 22.4 Å². The van der Waals surface area contributed by atoms with Gasteiger partial charge in [0.2, 0.25) is 0 Å². The fourth-order valence-electron chi connectivity index (χ4n) is 3.78. The van der Waals surface area contributed by atoms with Gasteiger partial charge in [-0.05, 0) is 31.5 Å². The molecule has 9 heteroatoms. The van der Waals surface area contributed by atoms with Gasteiger partial charge in [0.05, 0.1) is 11.1 Å². The number of carbonyl (C=O) groups is 1. The van der Waals surface area contributed by atoms with E-state index in [4.69, 9.17) is 0 Å². The third-order valence-corrected chi connectivity index (χ3v) is 6.09. The van der Waals surface area contributed by atoms with Crippen LogP contribution in [-0.2, 0) is 16.1 Å². The van der Waals surface area contributed by atoms with Crippen molar-refractivity contribution in [2.75, 3.05) is 31.1 Å². The van der Waals surface area contributed by atoms with Gasteiger partial charge in [0.1, 0.15) is 0 Å². The van der Waals surface area contributed by atoms with Gasteiger partial charge in [0, 0.05) is 38.2 Å². The second-order valence-electron chi connectivity index (χ2n) is 8.18. The van der Waals surface area contributed by atoms with Gasteiger partial charge in [0.15, 0.2) is 5.82 Å². The first-order valence-electron chi connectivity index (χ1n) is 9.76. The maximum Gasteiger partial charge on any atom is 0.349 e. The molecule has 5 nitrogen and oxygen atoms in total. The minimum absolute atomic E-state index is 0.131. The summed E-state index contributed by atoms with van der Waals surface area (Å²) < 4.78 is 56.7. The molecule has 1 aromatic carbocycles. The lowest BCUT2D eigenvalue weighted by atomic mass is 9.95. The molecule has 1 aromatic heterocycles. The number of piperazine rings is 1. The third kappa shape index (κ3) is 3.40. The lowest BCUT2D eigenvalue weighted by molar-refractivity contribution is -0.159. The summed E-state index contributed by atoms with van der Waals surface area (Å²) in [7, 11) is 0. The van der Waals surface area contributed by atoms with Gasteiger partial charge in [-0.2, -0.15) is 13.9 Å². The number of anilines is 1. The second-order valence-corrected chi connectivity index (χ2v) is 8.18. The predicted molar refractivity (Wildman–Crippen MR) is 103 cm³/mol. The van der Waals surface area contributed by atoms with E-state index in [2.05, 4.69) is 10.2 Å². The van der Waals surface area contributed by atoms with Crippen molar-refractivity contribution >= 4 is 11.7 Å². The van der Waals surface area contributed by atoms with Gasteiger partial charge in [-0.1, -0.05) is 24.3 Å². The fourth-order valence-corrected chi connectivity index (χ4v) is 3.78. The number of alkyl halides is 4. The Hall–Kier alpha value is -2.71. The smallest absolute Gasteiger partial charge is 0.349 e. The maximum absolute atomic E-state index is 14.8. The summed E-state index contributed by atoms with van der Waals surface area (Å²) >= 11 is 0. The van der Waals surface area contributed by atoms with Gasteiger partial charge in [-0.25, -0.2) is 8.78 Å². The molecule has 1 amide bonds. The summed E-state index contributed by atoms with van der Waals surface area (Å²) in [6.45, 7) is 4.22. The first-order valence-corrected chi connectivity index (χ1v) is 9.76. The van der Waals surface area contributed by atoms with Gasteiger partial charge >= 0.3 is 5.92 Å². The summed E-state index contributed by atoms with van der Waals surface area (Å²) in [5.74, 6) is -7.20. The molecule has 160 valence electrons. The molecular weight excluding hydrogens is 400 g/mol. The zero-order chi connectivity index (χ0) is 21.7. The molecule has 1 atom stereocenters. The van der Waals surface area contributed by atoms with E-state index in [1.54, 1.807) is 6.07 Å². The Labute approximate surface area is 171 Å². The summed E-state index contributed by atoms with van der Waals surface area (Å²) in [5.41, 5.74) is -0.736. The van der Waals surface area contributed by atoms with Crippen LogP contribution in [0, 0.1) is 6.92 Å². The highest BCUT2D eigenvalue weighted by Crippen LogP contribution is 2.61. The number of halogens is 4. The molecule has 0 spiro atoms. The minimum atomic E-state index is -3.72. The lowest BCUT2D eigenvalue weighted by Gasteiger charge is -2.36. The molecule has 1 saturated heterocycles. The molecule has 0 N–H and O–H groups in total. The van der Waals surface area contributed by atoms with E-state index in [1.165, 1.54) is 19.1 Å². The quantitative estimate of drug-likeness (QED) is 0.708. The standard InChI is InChI=1S/C21H22F4N4O/c1-14-3-8-17(27-26-14)28-9-11-29(12-10-28)18(30)21(24,25)16-6-4-15(5-7-16)19(2)13-20(19,22)23/h3-8H,9-13H2,1-2H3. The van der Waals surface area contributed by atoms with Crippen molar-refractivity contribution in [1.29, 1.82) is 0 Å². The van der Waals surface area contributed by atoms with Crippen molar-refractivity contribution in [3.8, 4) is 0 Å². The van der Waals surface area contributed by atoms with Crippen LogP contribution in [0.15, 0.2) is 36.4 Å². The SMILES string of the molecule is Cc1ccc(N2CCN(C(=O)C(F)(F)c3ccc(C4(C)CC4(F)F)cc3)CC2)nn1. The van der Waals surface area contributed by atoms with Gasteiger partial charge in [-0.15, -0.1) is 5.10 Å². The zero-order valence-electron chi connectivity index (χ0n) is 16.7. The second kappa shape index (κ2) is 6.92. The van der Waals surface area contributed by atoms with Crippen LogP contribution in [0.2, 0.25) is 0 Å². The summed E-state index contributed by atoms with van der Waals surface area (Å²) in [5, 5.41) is 8.07. The Morgan fingerprint density at radius 3 is 2.10 bits per heavy atom. The summed E-state index contributed by atoms with van der Waals surface area (Å²) in [4.78, 5) is 15.5. The van der Waals surface area contributed by atoms with Crippen LogP contribution in [0.4, 0.5) is 23.4 Å². The highest BCUT2D eigenvalue weighted by molar-refractivity contribution is 5.85. The largest absolute Gasteiger partial charge is 0.352 e.